The Morgan fingerprint density at radius 3 is 2.88 bits per heavy atom. The number of phenolic OH excluding ortho intramolecular Hbond substituents is 1. The lowest BCUT2D eigenvalue weighted by Crippen LogP contribution is -2.22. The Kier molecular flexibility index (Phi) is 4.76. The highest BCUT2D eigenvalue weighted by Crippen LogP contribution is 2.20. The average Bonchev–Trinajstić information content (AvgIpc) is 2.58. The SMILES string of the molecule is CCCc1nc2ccccc2c(=O)n1/N=C/c1cc(Br)ccc1O. The first kappa shape index (κ1) is 16.4. The molecule has 1 heterocycles. The van der Waals surface area contributed by atoms with Crippen LogP contribution in [0.2, 0.25) is 0 Å². The number of benzene rings is 2. The summed E-state index contributed by atoms with van der Waals surface area (Å²) in [4.78, 5) is 17.3. The van der Waals surface area contributed by atoms with Gasteiger partial charge >= 0.3 is 0 Å². The second kappa shape index (κ2) is 6.97. The van der Waals surface area contributed by atoms with Gasteiger partial charge in [0, 0.05) is 16.5 Å². The Labute approximate surface area is 147 Å². The van der Waals surface area contributed by atoms with Gasteiger partial charge in [-0.1, -0.05) is 35.0 Å². The minimum atomic E-state index is -0.213. The van der Waals surface area contributed by atoms with Crippen LogP contribution in [0.25, 0.3) is 10.9 Å². The summed E-state index contributed by atoms with van der Waals surface area (Å²) in [5, 5.41) is 14.7. The molecule has 0 saturated heterocycles. The largest absolute Gasteiger partial charge is 0.507 e. The van der Waals surface area contributed by atoms with E-state index in [-0.39, 0.29) is 11.3 Å². The third kappa shape index (κ3) is 3.23. The van der Waals surface area contributed by atoms with Crippen molar-refractivity contribution in [2.45, 2.75) is 19.8 Å². The van der Waals surface area contributed by atoms with Crippen LogP contribution >= 0.6 is 15.9 Å². The zero-order valence-electron chi connectivity index (χ0n) is 13.1. The smallest absolute Gasteiger partial charge is 0.282 e. The van der Waals surface area contributed by atoms with E-state index in [1.54, 1.807) is 30.3 Å². The van der Waals surface area contributed by atoms with Crippen LogP contribution in [0.3, 0.4) is 0 Å². The molecule has 1 N–H and O–H groups in total. The van der Waals surface area contributed by atoms with Crippen LogP contribution in [-0.4, -0.2) is 21.0 Å². The Hall–Kier alpha value is -2.47. The highest BCUT2D eigenvalue weighted by Gasteiger charge is 2.09. The van der Waals surface area contributed by atoms with Crippen LogP contribution in [0.5, 0.6) is 5.75 Å². The standard InChI is InChI=1S/C18H16BrN3O2/c1-2-5-17-21-15-7-4-3-6-14(15)18(24)22(17)20-11-12-10-13(19)8-9-16(12)23/h3-4,6-11,23H,2,5H2,1H3/b20-11+. The van der Waals surface area contributed by atoms with E-state index in [0.717, 1.165) is 10.9 Å². The lowest BCUT2D eigenvalue weighted by molar-refractivity contribution is 0.474. The van der Waals surface area contributed by atoms with Gasteiger partial charge in [0.25, 0.3) is 5.56 Å². The molecule has 0 aliphatic heterocycles. The molecular weight excluding hydrogens is 370 g/mol. The molecule has 3 aromatic rings. The van der Waals surface area contributed by atoms with Crippen molar-refractivity contribution in [3.63, 3.8) is 0 Å². The van der Waals surface area contributed by atoms with Gasteiger partial charge in [-0.25, -0.2) is 4.98 Å². The van der Waals surface area contributed by atoms with Crippen molar-refractivity contribution in [2.24, 2.45) is 5.10 Å². The normalized spacial score (nSPS) is 11.4. The molecule has 0 saturated carbocycles. The van der Waals surface area contributed by atoms with E-state index in [0.29, 0.717) is 28.7 Å². The molecule has 0 bridgehead atoms. The highest BCUT2D eigenvalue weighted by atomic mass is 79.9. The molecule has 2 aromatic carbocycles. The molecule has 6 heteroatoms. The molecule has 0 atom stereocenters. The van der Waals surface area contributed by atoms with Gasteiger partial charge in [0.2, 0.25) is 0 Å². The summed E-state index contributed by atoms with van der Waals surface area (Å²) in [7, 11) is 0. The molecule has 5 nitrogen and oxygen atoms in total. The zero-order chi connectivity index (χ0) is 17.1. The van der Waals surface area contributed by atoms with Gasteiger partial charge < -0.3 is 5.11 Å². The molecule has 0 unspecified atom stereocenters. The molecule has 0 amide bonds. The van der Waals surface area contributed by atoms with Crippen LogP contribution in [0.15, 0.2) is 56.8 Å². The number of para-hydroxylation sites is 1. The van der Waals surface area contributed by atoms with Gasteiger partial charge in [-0.3, -0.25) is 4.79 Å². The number of nitrogens with zero attached hydrogens (tertiary/aromatic N) is 3. The Morgan fingerprint density at radius 1 is 1.29 bits per heavy atom. The van der Waals surface area contributed by atoms with Crippen LogP contribution < -0.4 is 5.56 Å². The van der Waals surface area contributed by atoms with Crippen molar-refractivity contribution in [2.75, 3.05) is 0 Å². The third-order valence-electron chi connectivity index (χ3n) is 3.60. The minimum absolute atomic E-state index is 0.0980. The first-order valence-electron chi connectivity index (χ1n) is 7.63. The van der Waals surface area contributed by atoms with Crippen molar-refractivity contribution >= 4 is 33.0 Å². The number of aromatic hydroxyl groups is 1. The summed E-state index contributed by atoms with van der Waals surface area (Å²) in [5.41, 5.74) is 0.976. The van der Waals surface area contributed by atoms with Crippen molar-refractivity contribution < 1.29 is 5.11 Å². The number of phenols is 1. The van der Waals surface area contributed by atoms with Crippen LogP contribution in [0.4, 0.5) is 0 Å². The summed E-state index contributed by atoms with van der Waals surface area (Å²) in [5.74, 6) is 0.702. The van der Waals surface area contributed by atoms with Gasteiger partial charge in [0.15, 0.2) is 0 Å². The lowest BCUT2D eigenvalue weighted by Gasteiger charge is -2.08. The average molecular weight is 386 g/mol. The molecule has 3 rings (SSSR count). The number of aromatic nitrogens is 2. The zero-order valence-corrected chi connectivity index (χ0v) is 14.7. The fourth-order valence-electron chi connectivity index (χ4n) is 2.42. The quantitative estimate of drug-likeness (QED) is 0.696. The predicted molar refractivity (Wildman–Crippen MR) is 98.8 cm³/mol. The second-order valence-corrected chi connectivity index (χ2v) is 6.28. The maximum Gasteiger partial charge on any atom is 0.282 e. The molecule has 1 aromatic heterocycles. The van der Waals surface area contributed by atoms with Crippen LogP contribution in [-0.2, 0) is 6.42 Å². The fourth-order valence-corrected chi connectivity index (χ4v) is 2.80. The molecule has 0 radical (unpaired) electrons. The summed E-state index contributed by atoms with van der Waals surface area (Å²) in [6.07, 6.45) is 2.96. The molecule has 0 spiro atoms. The van der Waals surface area contributed by atoms with Gasteiger partial charge in [-0.05, 0) is 36.8 Å². The summed E-state index contributed by atoms with van der Waals surface area (Å²) >= 11 is 3.36. The number of rotatable bonds is 4. The first-order chi connectivity index (χ1) is 11.6. The van der Waals surface area contributed by atoms with Gasteiger partial charge in [0.1, 0.15) is 11.6 Å². The van der Waals surface area contributed by atoms with Crippen LogP contribution in [0, 0.1) is 0 Å². The molecular formula is C18H16BrN3O2. The summed E-state index contributed by atoms with van der Waals surface area (Å²) < 4.78 is 2.13. The van der Waals surface area contributed by atoms with Crippen molar-refractivity contribution in [1.82, 2.24) is 9.66 Å². The van der Waals surface area contributed by atoms with Crippen molar-refractivity contribution in [1.29, 1.82) is 0 Å². The molecule has 0 aliphatic rings. The molecule has 24 heavy (non-hydrogen) atoms. The Balaban J connectivity index is 2.15. The molecule has 0 aliphatic carbocycles. The molecule has 0 fully saturated rings. The Morgan fingerprint density at radius 2 is 2.08 bits per heavy atom. The van der Waals surface area contributed by atoms with Crippen molar-refractivity contribution in [3.05, 3.63) is 68.7 Å². The third-order valence-corrected chi connectivity index (χ3v) is 4.09. The van der Waals surface area contributed by atoms with Gasteiger partial charge in [-0.15, -0.1) is 0 Å². The maximum absolute atomic E-state index is 12.7. The van der Waals surface area contributed by atoms with Crippen LogP contribution in [0.1, 0.15) is 24.7 Å². The second-order valence-electron chi connectivity index (χ2n) is 5.36. The molecule has 122 valence electrons. The van der Waals surface area contributed by atoms with E-state index in [1.807, 2.05) is 19.1 Å². The monoisotopic (exact) mass is 385 g/mol. The lowest BCUT2D eigenvalue weighted by atomic mass is 10.2. The number of halogens is 1. The van der Waals surface area contributed by atoms with E-state index in [2.05, 4.69) is 26.0 Å². The number of aryl methyl sites for hydroxylation is 1. The highest BCUT2D eigenvalue weighted by molar-refractivity contribution is 9.10. The summed E-state index contributed by atoms with van der Waals surface area (Å²) in [6, 6.07) is 12.3. The fraction of sp³-hybridized carbons (Fsp3) is 0.167. The maximum atomic E-state index is 12.7. The first-order valence-corrected chi connectivity index (χ1v) is 8.43. The van der Waals surface area contributed by atoms with E-state index in [4.69, 9.17) is 0 Å². The summed E-state index contributed by atoms with van der Waals surface area (Å²) in [6.45, 7) is 2.02. The van der Waals surface area contributed by atoms with E-state index < -0.39 is 0 Å². The van der Waals surface area contributed by atoms with E-state index >= 15 is 0 Å². The van der Waals surface area contributed by atoms with Gasteiger partial charge in [-0.2, -0.15) is 9.78 Å². The van der Waals surface area contributed by atoms with E-state index in [9.17, 15) is 9.90 Å². The van der Waals surface area contributed by atoms with Crippen molar-refractivity contribution in [3.8, 4) is 5.75 Å². The van der Waals surface area contributed by atoms with Gasteiger partial charge in [0.05, 0.1) is 17.1 Å². The number of fused-ring (bicyclic) bond motifs is 1. The number of hydrogen-bond donors (Lipinski definition) is 1. The van der Waals surface area contributed by atoms with E-state index in [1.165, 1.54) is 10.9 Å². The minimum Gasteiger partial charge on any atom is -0.507 e. The predicted octanol–water partition coefficient (Wildman–Crippen LogP) is 3.70. The Bertz CT molecular complexity index is 980. The number of hydrogen-bond acceptors (Lipinski definition) is 4. The topological polar surface area (TPSA) is 67.5 Å².